The summed E-state index contributed by atoms with van der Waals surface area (Å²) in [4.78, 5) is 0. The molecule has 2 unspecified atom stereocenters. The van der Waals surface area contributed by atoms with Gasteiger partial charge in [0.1, 0.15) is 0 Å². The van der Waals surface area contributed by atoms with Gasteiger partial charge in [0.2, 0.25) is 0 Å². The molecule has 0 spiro atoms. The molecule has 0 aromatic carbocycles. The zero-order valence-electron chi connectivity index (χ0n) is 10.5. The van der Waals surface area contributed by atoms with Crippen LogP contribution in [0.5, 0.6) is 0 Å². The van der Waals surface area contributed by atoms with E-state index in [1.165, 1.54) is 0 Å². The SMILES string of the molecule is CC1CCCN(S(=O)(=O)N2CCCC2)C1CN. The van der Waals surface area contributed by atoms with E-state index in [2.05, 4.69) is 6.92 Å². The first kappa shape index (κ1) is 13.3. The minimum absolute atomic E-state index is 0.0191. The molecule has 0 saturated carbocycles. The highest BCUT2D eigenvalue weighted by Gasteiger charge is 2.39. The maximum absolute atomic E-state index is 12.5. The van der Waals surface area contributed by atoms with Gasteiger partial charge in [0.15, 0.2) is 0 Å². The molecule has 17 heavy (non-hydrogen) atoms. The van der Waals surface area contributed by atoms with Gasteiger partial charge in [-0.2, -0.15) is 17.0 Å². The first-order chi connectivity index (χ1) is 8.07. The Morgan fingerprint density at radius 3 is 2.41 bits per heavy atom. The van der Waals surface area contributed by atoms with E-state index in [0.717, 1.165) is 25.7 Å². The van der Waals surface area contributed by atoms with Crippen LogP contribution in [-0.2, 0) is 10.2 Å². The fraction of sp³-hybridized carbons (Fsp3) is 1.00. The van der Waals surface area contributed by atoms with Crippen molar-refractivity contribution in [2.75, 3.05) is 26.2 Å². The Labute approximate surface area is 104 Å². The molecule has 0 bridgehead atoms. The molecule has 0 amide bonds. The summed E-state index contributed by atoms with van der Waals surface area (Å²) in [6.45, 7) is 4.50. The molecule has 2 aliphatic heterocycles. The zero-order valence-corrected chi connectivity index (χ0v) is 11.3. The smallest absolute Gasteiger partial charge is 0.282 e. The molecule has 0 aromatic heterocycles. The Kier molecular flexibility index (Phi) is 4.07. The van der Waals surface area contributed by atoms with Gasteiger partial charge in [-0.25, -0.2) is 0 Å². The lowest BCUT2D eigenvalue weighted by Gasteiger charge is -2.40. The first-order valence-electron chi connectivity index (χ1n) is 6.54. The summed E-state index contributed by atoms with van der Waals surface area (Å²) < 4.78 is 28.3. The van der Waals surface area contributed by atoms with Crippen molar-refractivity contribution < 1.29 is 8.42 Å². The lowest BCUT2D eigenvalue weighted by Crippen LogP contribution is -2.55. The molecule has 5 nitrogen and oxygen atoms in total. The molecule has 2 saturated heterocycles. The van der Waals surface area contributed by atoms with E-state index in [4.69, 9.17) is 5.73 Å². The summed E-state index contributed by atoms with van der Waals surface area (Å²) in [6, 6.07) is -0.0191. The molecule has 2 heterocycles. The van der Waals surface area contributed by atoms with Gasteiger partial charge in [-0.15, -0.1) is 0 Å². The van der Waals surface area contributed by atoms with Gasteiger partial charge in [-0.05, 0) is 31.6 Å². The van der Waals surface area contributed by atoms with Gasteiger partial charge in [-0.1, -0.05) is 6.92 Å². The lowest BCUT2D eigenvalue weighted by molar-refractivity contribution is 0.182. The largest absolute Gasteiger partial charge is 0.329 e. The van der Waals surface area contributed by atoms with Crippen LogP contribution in [0.1, 0.15) is 32.6 Å². The van der Waals surface area contributed by atoms with E-state index in [-0.39, 0.29) is 6.04 Å². The number of piperidine rings is 1. The fourth-order valence-electron chi connectivity index (χ4n) is 2.91. The predicted octanol–water partition coefficient (Wildman–Crippen LogP) is 0.386. The maximum Gasteiger partial charge on any atom is 0.282 e. The molecular formula is C11H23N3O2S. The third-order valence-corrected chi connectivity index (χ3v) is 6.06. The summed E-state index contributed by atoms with van der Waals surface area (Å²) in [6.07, 6.45) is 3.99. The van der Waals surface area contributed by atoms with Crippen LogP contribution in [0.4, 0.5) is 0 Å². The molecule has 0 aliphatic carbocycles. The molecule has 2 fully saturated rings. The highest BCUT2D eigenvalue weighted by atomic mass is 32.2. The van der Waals surface area contributed by atoms with E-state index >= 15 is 0 Å². The van der Waals surface area contributed by atoms with Crippen molar-refractivity contribution in [2.45, 2.75) is 38.6 Å². The number of hydrogen-bond acceptors (Lipinski definition) is 3. The maximum atomic E-state index is 12.5. The van der Waals surface area contributed by atoms with Crippen LogP contribution in [0.15, 0.2) is 0 Å². The molecule has 2 N–H and O–H groups in total. The van der Waals surface area contributed by atoms with E-state index in [1.807, 2.05) is 0 Å². The van der Waals surface area contributed by atoms with Gasteiger partial charge >= 0.3 is 0 Å². The normalized spacial score (nSPS) is 33.1. The topological polar surface area (TPSA) is 66.6 Å². The summed E-state index contributed by atoms with van der Waals surface area (Å²) in [5.41, 5.74) is 5.75. The predicted molar refractivity (Wildman–Crippen MR) is 67.7 cm³/mol. The molecule has 0 radical (unpaired) electrons. The van der Waals surface area contributed by atoms with Crippen molar-refractivity contribution in [3.05, 3.63) is 0 Å². The van der Waals surface area contributed by atoms with Crippen LogP contribution < -0.4 is 5.73 Å². The molecule has 2 atom stereocenters. The standard InChI is InChI=1S/C11H23N3O2S/c1-10-5-4-8-14(11(10)9-12)17(15,16)13-6-2-3-7-13/h10-11H,2-9,12H2,1H3. The van der Waals surface area contributed by atoms with Crippen LogP contribution in [0.2, 0.25) is 0 Å². The minimum atomic E-state index is -3.27. The summed E-state index contributed by atoms with van der Waals surface area (Å²) in [7, 11) is -3.27. The van der Waals surface area contributed by atoms with Crippen molar-refractivity contribution in [1.82, 2.24) is 8.61 Å². The lowest BCUT2D eigenvalue weighted by atomic mass is 9.93. The highest BCUT2D eigenvalue weighted by molar-refractivity contribution is 7.86. The van der Waals surface area contributed by atoms with Crippen LogP contribution in [0.25, 0.3) is 0 Å². The highest BCUT2D eigenvalue weighted by Crippen LogP contribution is 2.28. The van der Waals surface area contributed by atoms with E-state index in [1.54, 1.807) is 8.61 Å². The summed E-state index contributed by atoms with van der Waals surface area (Å²) >= 11 is 0. The second kappa shape index (κ2) is 5.22. The Balaban J connectivity index is 2.18. The van der Waals surface area contributed by atoms with Crippen LogP contribution in [0, 0.1) is 5.92 Å². The van der Waals surface area contributed by atoms with Gasteiger partial charge in [-0.3, -0.25) is 0 Å². The summed E-state index contributed by atoms with van der Waals surface area (Å²) in [5.74, 6) is 0.367. The van der Waals surface area contributed by atoms with Gasteiger partial charge < -0.3 is 5.73 Å². The number of nitrogens with zero attached hydrogens (tertiary/aromatic N) is 2. The Morgan fingerprint density at radius 1 is 1.18 bits per heavy atom. The van der Waals surface area contributed by atoms with Crippen molar-refractivity contribution >= 4 is 10.2 Å². The average Bonchev–Trinajstić information content (AvgIpc) is 2.82. The van der Waals surface area contributed by atoms with E-state index in [9.17, 15) is 8.42 Å². The van der Waals surface area contributed by atoms with Crippen molar-refractivity contribution in [1.29, 1.82) is 0 Å². The van der Waals surface area contributed by atoms with E-state index in [0.29, 0.717) is 32.1 Å². The summed E-state index contributed by atoms with van der Waals surface area (Å²) in [5, 5.41) is 0. The first-order valence-corrected chi connectivity index (χ1v) is 7.94. The second-order valence-electron chi connectivity index (χ2n) is 5.15. The molecule has 6 heteroatoms. The Morgan fingerprint density at radius 2 is 1.82 bits per heavy atom. The van der Waals surface area contributed by atoms with Gasteiger partial charge in [0.05, 0.1) is 0 Å². The van der Waals surface area contributed by atoms with Gasteiger partial charge in [0, 0.05) is 32.2 Å². The number of rotatable bonds is 3. The number of hydrogen-bond donors (Lipinski definition) is 1. The van der Waals surface area contributed by atoms with E-state index < -0.39 is 10.2 Å². The monoisotopic (exact) mass is 261 g/mol. The van der Waals surface area contributed by atoms with Crippen LogP contribution in [-0.4, -0.2) is 49.2 Å². The quantitative estimate of drug-likeness (QED) is 0.799. The third kappa shape index (κ3) is 2.50. The van der Waals surface area contributed by atoms with Crippen LogP contribution in [0.3, 0.4) is 0 Å². The van der Waals surface area contributed by atoms with Gasteiger partial charge in [0.25, 0.3) is 10.2 Å². The van der Waals surface area contributed by atoms with Crippen LogP contribution >= 0.6 is 0 Å². The fourth-order valence-corrected chi connectivity index (χ4v) is 4.93. The third-order valence-electron chi connectivity index (χ3n) is 3.99. The average molecular weight is 261 g/mol. The Hall–Kier alpha value is -0.170. The molecule has 2 rings (SSSR count). The Bertz CT molecular complexity index is 352. The zero-order chi connectivity index (χ0) is 12.5. The molecule has 0 aromatic rings. The number of nitrogens with two attached hydrogens (primary N) is 1. The van der Waals surface area contributed by atoms with Crippen molar-refractivity contribution in [2.24, 2.45) is 11.7 Å². The molecule has 2 aliphatic rings. The second-order valence-corrected chi connectivity index (χ2v) is 7.03. The van der Waals surface area contributed by atoms with Crippen molar-refractivity contribution in [3.63, 3.8) is 0 Å². The molecular weight excluding hydrogens is 238 g/mol. The van der Waals surface area contributed by atoms with Crippen molar-refractivity contribution in [3.8, 4) is 0 Å². The molecule has 100 valence electrons. The minimum Gasteiger partial charge on any atom is -0.329 e.